The van der Waals surface area contributed by atoms with Gasteiger partial charge in [0.1, 0.15) is 6.61 Å². The van der Waals surface area contributed by atoms with Crippen LogP contribution < -0.4 is 0 Å². The summed E-state index contributed by atoms with van der Waals surface area (Å²) in [6, 6.07) is 10.1. The molecule has 5 nitrogen and oxygen atoms in total. The normalized spacial score (nSPS) is 18.3. The molecule has 1 fully saturated rings. The zero-order valence-electron chi connectivity index (χ0n) is 15.4. The summed E-state index contributed by atoms with van der Waals surface area (Å²) in [5.74, 6) is 0.113. The number of carbonyl (C=O) groups is 2. The first-order valence-corrected chi connectivity index (χ1v) is 9.34. The second-order valence-corrected chi connectivity index (χ2v) is 6.57. The minimum Gasteiger partial charge on any atom is -0.372 e. The molecule has 0 N–H and O–H groups in total. The van der Waals surface area contributed by atoms with Crippen molar-refractivity contribution in [3.63, 3.8) is 0 Å². The molecule has 1 aromatic rings. The zero-order valence-corrected chi connectivity index (χ0v) is 15.4. The Morgan fingerprint density at radius 2 is 2.00 bits per heavy atom. The molecule has 25 heavy (non-hydrogen) atoms. The number of carbonyl (C=O) groups excluding carboxylic acids is 2. The van der Waals surface area contributed by atoms with E-state index in [1.165, 1.54) is 0 Å². The number of hydrogen-bond donors (Lipinski definition) is 0. The molecule has 0 aromatic heterocycles. The van der Waals surface area contributed by atoms with Gasteiger partial charge in [0.25, 0.3) is 0 Å². The summed E-state index contributed by atoms with van der Waals surface area (Å²) in [5, 5.41) is 0. The molecular formula is C20H30N2O3. The van der Waals surface area contributed by atoms with E-state index in [1.807, 2.05) is 35.2 Å². The largest absolute Gasteiger partial charge is 0.372 e. The van der Waals surface area contributed by atoms with Crippen molar-refractivity contribution in [2.45, 2.75) is 52.1 Å². The van der Waals surface area contributed by atoms with E-state index in [2.05, 4.69) is 13.8 Å². The van der Waals surface area contributed by atoms with E-state index in [1.54, 1.807) is 4.90 Å². The highest BCUT2D eigenvalue weighted by Crippen LogP contribution is 2.18. The predicted octanol–water partition coefficient (Wildman–Crippen LogP) is 2.84. The van der Waals surface area contributed by atoms with Crippen LogP contribution >= 0.6 is 0 Å². The molecule has 2 rings (SSSR count). The molecule has 0 unspecified atom stereocenters. The predicted molar refractivity (Wildman–Crippen MR) is 98.0 cm³/mol. The van der Waals surface area contributed by atoms with Crippen LogP contribution in [-0.4, -0.2) is 54.0 Å². The molecule has 1 atom stereocenters. The van der Waals surface area contributed by atoms with Crippen molar-refractivity contribution in [1.29, 1.82) is 0 Å². The second-order valence-electron chi connectivity index (χ2n) is 6.57. The van der Waals surface area contributed by atoms with Crippen LogP contribution in [-0.2, 0) is 20.9 Å². The number of rotatable bonds is 8. The van der Waals surface area contributed by atoms with Gasteiger partial charge in [0.15, 0.2) is 0 Å². The minimum atomic E-state index is -0.0103. The summed E-state index contributed by atoms with van der Waals surface area (Å²) >= 11 is 0. The SMILES string of the molecule is CCCCOCC(=O)N1CCC(=O)N(Cc2ccccc2)[C@@H](CC)C1. The molecule has 1 saturated heterocycles. The van der Waals surface area contributed by atoms with E-state index < -0.39 is 0 Å². The van der Waals surface area contributed by atoms with Crippen molar-refractivity contribution >= 4 is 11.8 Å². The quantitative estimate of drug-likeness (QED) is 0.680. The Balaban J connectivity index is 1.98. The van der Waals surface area contributed by atoms with Crippen molar-refractivity contribution in [1.82, 2.24) is 9.80 Å². The van der Waals surface area contributed by atoms with Gasteiger partial charge in [0.05, 0.1) is 0 Å². The first-order chi connectivity index (χ1) is 12.2. The molecule has 2 amide bonds. The Bertz CT molecular complexity index is 547. The molecule has 0 bridgehead atoms. The number of benzene rings is 1. The van der Waals surface area contributed by atoms with Gasteiger partial charge in [0, 0.05) is 38.7 Å². The summed E-state index contributed by atoms with van der Waals surface area (Å²) in [6.45, 7) is 6.57. The summed E-state index contributed by atoms with van der Waals surface area (Å²) in [4.78, 5) is 28.8. The average molecular weight is 346 g/mol. The topological polar surface area (TPSA) is 49.9 Å². The third-order valence-corrected chi connectivity index (χ3v) is 4.68. The van der Waals surface area contributed by atoms with E-state index in [0.29, 0.717) is 32.7 Å². The highest BCUT2D eigenvalue weighted by Gasteiger charge is 2.30. The third-order valence-electron chi connectivity index (χ3n) is 4.68. The summed E-state index contributed by atoms with van der Waals surface area (Å²) in [6.07, 6.45) is 3.23. The fourth-order valence-corrected chi connectivity index (χ4v) is 3.09. The molecule has 5 heteroatoms. The lowest BCUT2D eigenvalue weighted by Gasteiger charge is -2.31. The van der Waals surface area contributed by atoms with Crippen LogP contribution in [0.4, 0.5) is 0 Å². The smallest absolute Gasteiger partial charge is 0.248 e. The molecule has 1 heterocycles. The maximum atomic E-state index is 12.6. The van der Waals surface area contributed by atoms with E-state index in [-0.39, 0.29) is 24.5 Å². The van der Waals surface area contributed by atoms with E-state index in [0.717, 1.165) is 24.8 Å². The minimum absolute atomic E-state index is 0.0103. The molecular weight excluding hydrogens is 316 g/mol. The van der Waals surface area contributed by atoms with Crippen molar-refractivity contribution in [3.8, 4) is 0 Å². The van der Waals surface area contributed by atoms with Crippen LogP contribution in [0.15, 0.2) is 30.3 Å². The lowest BCUT2D eigenvalue weighted by Crippen LogP contribution is -2.44. The Hall–Kier alpha value is -1.88. The van der Waals surface area contributed by atoms with Crippen LogP contribution in [0.1, 0.15) is 45.1 Å². The van der Waals surface area contributed by atoms with Crippen LogP contribution in [0, 0.1) is 0 Å². The number of unbranched alkanes of at least 4 members (excludes halogenated alkanes) is 1. The van der Waals surface area contributed by atoms with Crippen molar-refractivity contribution in [3.05, 3.63) is 35.9 Å². The monoisotopic (exact) mass is 346 g/mol. The molecule has 0 spiro atoms. The number of ether oxygens (including phenoxy) is 1. The molecule has 1 aliphatic rings. The maximum absolute atomic E-state index is 12.6. The molecule has 0 saturated carbocycles. The maximum Gasteiger partial charge on any atom is 0.248 e. The molecule has 138 valence electrons. The summed E-state index contributed by atoms with van der Waals surface area (Å²) < 4.78 is 5.46. The number of nitrogens with zero attached hydrogens (tertiary/aromatic N) is 2. The standard InChI is InChI=1S/C20H30N2O3/c1-3-5-13-25-16-20(24)21-12-11-19(23)22(18(4-2)15-21)14-17-9-7-6-8-10-17/h6-10,18H,3-5,11-16H2,1-2H3/t18-/m0/s1. The lowest BCUT2D eigenvalue weighted by molar-refractivity contribution is -0.136. The van der Waals surface area contributed by atoms with Crippen molar-refractivity contribution in [2.75, 3.05) is 26.3 Å². The third kappa shape index (κ3) is 5.85. The Kier molecular flexibility index (Phi) is 7.92. The number of hydrogen-bond acceptors (Lipinski definition) is 3. The van der Waals surface area contributed by atoms with Gasteiger partial charge in [-0.1, -0.05) is 50.6 Å². The lowest BCUT2D eigenvalue weighted by atomic mass is 10.1. The first-order valence-electron chi connectivity index (χ1n) is 9.34. The molecule has 0 radical (unpaired) electrons. The van der Waals surface area contributed by atoms with Gasteiger partial charge in [0.2, 0.25) is 11.8 Å². The highest BCUT2D eigenvalue weighted by atomic mass is 16.5. The second kappa shape index (κ2) is 10.2. The molecule has 0 aliphatic carbocycles. The Labute approximate surface area is 150 Å². The average Bonchev–Trinajstić information content (AvgIpc) is 2.79. The summed E-state index contributed by atoms with van der Waals surface area (Å²) in [7, 11) is 0. The molecule has 1 aromatic carbocycles. The Morgan fingerprint density at radius 3 is 2.68 bits per heavy atom. The van der Waals surface area contributed by atoms with Crippen LogP contribution in [0.3, 0.4) is 0 Å². The fraction of sp³-hybridized carbons (Fsp3) is 0.600. The van der Waals surface area contributed by atoms with Gasteiger partial charge in [-0.05, 0) is 18.4 Å². The van der Waals surface area contributed by atoms with Crippen LogP contribution in [0.25, 0.3) is 0 Å². The van der Waals surface area contributed by atoms with E-state index in [9.17, 15) is 9.59 Å². The molecule has 1 aliphatic heterocycles. The van der Waals surface area contributed by atoms with E-state index >= 15 is 0 Å². The van der Waals surface area contributed by atoms with Gasteiger partial charge in [-0.3, -0.25) is 9.59 Å². The van der Waals surface area contributed by atoms with Crippen molar-refractivity contribution < 1.29 is 14.3 Å². The Morgan fingerprint density at radius 1 is 1.24 bits per heavy atom. The van der Waals surface area contributed by atoms with Crippen LogP contribution in [0.2, 0.25) is 0 Å². The van der Waals surface area contributed by atoms with Gasteiger partial charge in [-0.15, -0.1) is 0 Å². The van der Waals surface area contributed by atoms with Crippen molar-refractivity contribution in [2.24, 2.45) is 0 Å². The highest BCUT2D eigenvalue weighted by molar-refractivity contribution is 5.81. The van der Waals surface area contributed by atoms with E-state index in [4.69, 9.17) is 4.74 Å². The number of amides is 2. The zero-order chi connectivity index (χ0) is 18.1. The summed E-state index contributed by atoms with van der Waals surface area (Å²) in [5.41, 5.74) is 1.12. The fourth-order valence-electron chi connectivity index (χ4n) is 3.09. The first kappa shape index (κ1) is 19.4. The van der Waals surface area contributed by atoms with Gasteiger partial charge >= 0.3 is 0 Å². The van der Waals surface area contributed by atoms with Gasteiger partial charge < -0.3 is 14.5 Å². The van der Waals surface area contributed by atoms with Gasteiger partial charge in [-0.2, -0.15) is 0 Å². The van der Waals surface area contributed by atoms with Crippen LogP contribution in [0.5, 0.6) is 0 Å². The van der Waals surface area contributed by atoms with Gasteiger partial charge in [-0.25, -0.2) is 0 Å².